The van der Waals surface area contributed by atoms with Crippen molar-refractivity contribution in [1.82, 2.24) is 14.9 Å². The topological polar surface area (TPSA) is 61.4 Å². The van der Waals surface area contributed by atoms with Gasteiger partial charge in [-0.2, -0.15) is 0 Å². The number of aromatic nitrogens is 2. The number of piperazine rings is 1. The van der Waals surface area contributed by atoms with Crippen molar-refractivity contribution in [2.24, 2.45) is 0 Å². The van der Waals surface area contributed by atoms with Crippen molar-refractivity contribution >= 4 is 17.4 Å². The first-order valence-corrected chi connectivity index (χ1v) is 9.99. The zero-order valence-corrected chi connectivity index (χ0v) is 16.4. The molecule has 1 fully saturated rings. The van der Waals surface area contributed by atoms with Crippen LogP contribution in [-0.2, 0) is 6.42 Å². The molecule has 4 rings (SSSR count). The molecular formula is C23H25N5O. The number of hydrogen-bond donors (Lipinski definition) is 1. The molecule has 29 heavy (non-hydrogen) atoms. The summed E-state index contributed by atoms with van der Waals surface area (Å²) in [4.78, 5) is 25.7. The highest BCUT2D eigenvalue weighted by Crippen LogP contribution is 2.15. The Morgan fingerprint density at radius 2 is 1.69 bits per heavy atom. The van der Waals surface area contributed by atoms with E-state index in [2.05, 4.69) is 32.3 Å². The Bertz CT molecular complexity index is 924. The summed E-state index contributed by atoms with van der Waals surface area (Å²) in [5.74, 6) is 0.944. The Kier molecular flexibility index (Phi) is 6.00. The average molecular weight is 387 g/mol. The third-order valence-corrected chi connectivity index (χ3v) is 5.10. The standard InChI is InChI=1S/C23H25N5O/c29-23(28-16-14-27(15-17-28)22-8-4-5-11-26-22)21-18-20(10-13-25-21)24-12-9-19-6-2-1-3-7-19/h1-8,10-11,13,18H,9,12,14-17H2,(H,24,25). The first-order chi connectivity index (χ1) is 14.3. The number of nitrogens with zero attached hydrogens (tertiary/aromatic N) is 4. The van der Waals surface area contributed by atoms with Crippen molar-refractivity contribution in [2.75, 3.05) is 42.9 Å². The van der Waals surface area contributed by atoms with Gasteiger partial charge >= 0.3 is 0 Å². The Hall–Kier alpha value is -3.41. The van der Waals surface area contributed by atoms with E-state index in [9.17, 15) is 4.79 Å². The SMILES string of the molecule is O=C(c1cc(NCCc2ccccc2)ccn1)N1CCN(c2ccccn2)CC1. The number of hydrogen-bond acceptors (Lipinski definition) is 5. The number of rotatable bonds is 6. The van der Waals surface area contributed by atoms with Gasteiger partial charge in [-0.15, -0.1) is 0 Å². The smallest absolute Gasteiger partial charge is 0.272 e. The van der Waals surface area contributed by atoms with E-state index in [1.165, 1.54) is 5.56 Å². The van der Waals surface area contributed by atoms with Gasteiger partial charge in [0.25, 0.3) is 5.91 Å². The fourth-order valence-electron chi connectivity index (χ4n) is 3.49. The summed E-state index contributed by atoms with van der Waals surface area (Å²) in [6, 6.07) is 20.0. The fourth-order valence-corrected chi connectivity index (χ4v) is 3.49. The van der Waals surface area contributed by atoms with E-state index in [1.54, 1.807) is 12.4 Å². The lowest BCUT2D eigenvalue weighted by atomic mass is 10.1. The monoisotopic (exact) mass is 387 g/mol. The summed E-state index contributed by atoms with van der Waals surface area (Å²) in [7, 11) is 0. The van der Waals surface area contributed by atoms with Crippen molar-refractivity contribution in [3.63, 3.8) is 0 Å². The van der Waals surface area contributed by atoms with Crippen molar-refractivity contribution in [1.29, 1.82) is 0 Å². The molecule has 0 unspecified atom stereocenters. The zero-order chi connectivity index (χ0) is 19.9. The summed E-state index contributed by atoms with van der Waals surface area (Å²) < 4.78 is 0. The average Bonchev–Trinajstić information content (AvgIpc) is 2.80. The minimum absolute atomic E-state index is 0.0163. The molecule has 1 aromatic carbocycles. The molecule has 3 aromatic rings. The van der Waals surface area contributed by atoms with Crippen LogP contribution in [0.1, 0.15) is 16.1 Å². The second-order valence-electron chi connectivity index (χ2n) is 7.06. The van der Waals surface area contributed by atoms with Gasteiger partial charge in [0, 0.05) is 50.8 Å². The molecular weight excluding hydrogens is 362 g/mol. The van der Waals surface area contributed by atoms with Gasteiger partial charge in [0.15, 0.2) is 0 Å². The summed E-state index contributed by atoms with van der Waals surface area (Å²) in [5.41, 5.74) is 2.70. The van der Waals surface area contributed by atoms with Crippen molar-refractivity contribution in [2.45, 2.75) is 6.42 Å². The van der Waals surface area contributed by atoms with Gasteiger partial charge in [0.05, 0.1) is 0 Å². The molecule has 2 aromatic heterocycles. The number of carbonyl (C=O) groups excluding carboxylic acids is 1. The van der Waals surface area contributed by atoms with Crippen molar-refractivity contribution < 1.29 is 4.79 Å². The molecule has 1 saturated heterocycles. The van der Waals surface area contributed by atoms with Crippen LogP contribution >= 0.6 is 0 Å². The van der Waals surface area contributed by atoms with Gasteiger partial charge in [-0.1, -0.05) is 36.4 Å². The quantitative estimate of drug-likeness (QED) is 0.704. The molecule has 3 heterocycles. The summed E-state index contributed by atoms with van der Waals surface area (Å²) >= 11 is 0. The molecule has 1 aliphatic rings. The van der Waals surface area contributed by atoms with E-state index in [4.69, 9.17) is 0 Å². The molecule has 0 spiro atoms. The normalized spacial score (nSPS) is 13.9. The highest BCUT2D eigenvalue weighted by molar-refractivity contribution is 5.93. The Morgan fingerprint density at radius 1 is 0.897 bits per heavy atom. The minimum Gasteiger partial charge on any atom is -0.385 e. The number of pyridine rings is 2. The number of carbonyl (C=O) groups is 1. The number of amides is 1. The van der Waals surface area contributed by atoms with Crippen LogP contribution in [-0.4, -0.2) is 53.5 Å². The summed E-state index contributed by atoms with van der Waals surface area (Å²) in [5, 5.41) is 3.39. The highest BCUT2D eigenvalue weighted by atomic mass is 16.2. The van der Waals surface area contributed by atoms with Gasteiger partial charge < -0.3 is 15.1 Å². The van der Waals surface area contributed by atoms with Crippen LogP contribution in [0.4, 0.5) is 11.5 Å². The van der Waals surface area contributed by atoms with Crippen molar-refractivity contribution in [3.8, 4) is 0 Å². The van der Waals surface area contributed by atoms with Crippen LogP contribution in [0.5, 0.6) is 0 Å². The second kappa shape index (κ2) is 9.19. The van der Waals surface area contributed by atoms with E-state index in [0.29, 0.717) is 18.8 Å². The van der Waals surface area contributed by atoms with E-state index in [-0.39, 0.29) is 5.91 Å². The van der Waals surface area contributed by atoms with E-state index >= 15 is 0 Å². The van der Waals surface area contributed by atoms with Crippen LogP contribution in [0.3, 0.4) is 0 Å². The van der Waals surface area contributed by atoms with Gasteiger partial charge in [-0.3, -0.25) is 9.78 Å². The van der Waals surface area contributed by atoms with E-state index in [0.717, 1.165) is 37.6 Å². The second-order valence-corrected chi connectivity index (χ2v) is 7.06. The van der Waals surface area contributed by atoms with Gasteiger partial charge in [-0.25, -0.2) is 4.98 Å². The predicted molar refractivity (Wildman–Crippen MR) is 115 cm³/mol. The predicted octanol–water partition coefficient (Wildman–Crippen LogP) is 3.09. The molecule has 6 heteroatoms. The maximum Gasteiger partial charge on any atom is 0.272 e. The first-order valence-electron chi connectivity index (χ1n) is 9.99. The lowest BCUT2D eigenvalue weighted by Crippen LogP contribution is -2.49. The van der Waals surface area contributed by atoms with Crippen LogP contribution in [0.25, 0.3) is 0 Å². The largest absolute Gasteiger partial charge is 0.385 e. The number of anilines is 2. The minimum atomic E-state index is -0.0163. The van der Waals surface area contributed by atoms with E-state index in [1.807, 2.05) is 53.4 Å². The van der Waals surface area contributed by atoms with Crippen LogP contribution in [0, 0.1) is 0 Å². The lowest BCUT2D eigenvalue weighted by Gasteiger charge is -2.35. The molecule has 0 atom stereocenters. The zero-order valence-electron chi connectivity index (χ0n) is 16.4. The maximum absolute atomic E-state index is 12.9. The number of nitrogens with one attached hydrogen (secondary N) is 1. The molecule has 0 bridgehead atoms. The molecule has 1 amide bonds. The summed E-state index contributed by atoms with van der Waals surface area (Å²) in [6.45, 7) is 3.70. The first kappa shape index (κ1) is 18.9. The maximum atomic E-state index is 12.9. The Labute approximate surface area is 171 Å². The fraction of sp³-hybridized carbons (Fsp3) is 0.261. The summed E-state index contributed by atoms with van der Waals surface area (Å²) in [6.07, 6.45) is 4.43. The van der Waals surface area contributed by atoms with Crippen LogP contribution in [0.15, 0.2) is 73.1 Å². The lowest BCUT2D eigenvalue weighted by molar-refractivity contribution is 0.0740. The third kappa shape index (κ3) is 4.90. The van der Waals surface area contributed by atoms with Gasteiger partial charge in [-0.05, 0) is 36.2 Å². The van der Waals surface area contributed by atoms with Crippen LogP contribution < -0.4 is 10.2 Å². The van der Waals surface area contributed by atoms with Crippen LogP contribution in [0.2, 0.25) is 0 Å². The van der Waals surface area contributed by atoms with E-state index < -0.39 is 0 Å². The molecule has 148 valence electrons. The van der Waals surface area contributed by atoms with Gasteiger partial charge in [0.2, 0.25) is 0 Å². The molecule has 0 saturated carbocycles. The molecule has 0 radical (unpaired) electrons. The Balaban J connectivity index is 1.31. The molecule has 1 aliphatic heterocycles. The van der Waals surface area contributed by atoms with Gasteiger partial charge in [0.1, 0.15) is 11.5 Å². The highest BCUT2D eigenvalue weighted by Gasteiger charge is 2.23. The van der Waals surface area contributed by atoms with Crippen molar-refractivity contribution in [3.05, 3.63) is 84.3 Å². The molecule has 1 N–H and O–H groups in total. The third-order valence-electron chi connectivity index (χ3n) is 5.10. The Morgan fingerprint density at radius 3 is 2.45 bits per heavy atom. The number of benzene rings is 1. The molecule has 6 nitrogen and oxygen atoms in total. The molecule has 0 aliphatic carbocycles.